The predicted octanol–water partition coefficient (Wildman–Crippen LogP) is 2.08. The Morgan fingerprint density at radius 3 is 2.74 bits per heavy atom. The number of rotatable bonds is 5. The highest BCUT2D eigenvalue weighted by Crippen LogP contribution is 2.35. The van der Waals surface area contributed by atoms with Crippen LogP contribution in [0.3, 0.4) is 0 Å². The number of likely N-dealkylation sites (tertiary alicyclic amines) is 1. The maximum Gasteiger partial charge on any atom is 0.241 e. The Morgan fingerprint density at radius 2 is 2.17 bits per heavy atom. The molecule has 0 spiro atoms. The monoisotopic (exact) mass is 342 g/mol. The lowest BCUT2D eigenvalue weighted by Crippen LogP contribution is -2.50. The van der Waals surface area contributed by atoms with Crippen molar-refractivity contribution in [3.63, 3.8) is 0 Å². The number of aryl methyl sites for hydroxylation is 1. The summed E-state index contributed by atoms with van der Waals surface area (Å²) in [5.41, 5.74) is 0. The number of nitrogens with zero attached hydrogens (tertiary/aromatic N) is 1. The maximum absolute atomic E-state index is 12.7. The molecule has 3 atom stereocenters. The first-order chi connectivity index (χ1) is 10.7. The van der Waals surface area contributed by atoms with Gasteiger partial charge in [0.25, 0.3) is 0 Å². The summed E-state index contributed by atoms with van der Waals surface area (Å²) in [6.07, 6.45) is 3.61. The molecule has 1 aliphatic rings. The minimum absolute atomic E-state index is 0.129. The number of sulfonamides is 1. The summed E-state index contributed by atoms with van der Waals surface area (Å²) in [6, 6.07) is 2.96. The van der Waals surface area contributed by atoms with Crippen molar-refractivity contribution < 1.29 is 17.6 Å². The first-order valence-electron chi connectivity index (χ1n) is 8.07. The van der Waals surface area contributed by atoms with Crippen molar-refractivity contribution in [3.05, 3.63) is 23.7 Å². The van der Waals surface area contributed by atoms with Crippen molar-refractivity contribution in [1.82, 2.24) is 9.62 Å². The molecule has 1 aliphatic heterocycles. The molecule has 1 amide bonds. The second-order valence-electron chi connectivity index (χ2n) is 6.45. The van der Waals surface area contributed by atoms with E-state index in [1.807, 2.05) is 19.1 Å². The number of amides is 1. The second kappa shape index (κ2) is 7.05. The topological polar surface area (TPSA) is 79.6 Å². The third-order valence-electron chi connectivity index (χ3n) is 4.27. The van der Waals surface area contributed by atoms with E-state index in [-0.39, 0.29) is 11.9 Å². The fourth-order valence-electron chi connectivity index (χ4n) is 3.06. The molecule has 0 aromatic carbocycles. The Kier molecular flexibility index (Phi) is 5.52. The molecule has 130 valence electrons. The van der Waals surface area contributed by atoms with Crippen LogP contribution < -0.4 is 4.72 Å². The lowest BCUT2D eigenvalue weighted by molar-refractivity contribution is -0.137. The van der Waals surface area contributed by atoms with E-state index < -0.39 is 16.1 Å². The molecule has 1 aromatic rings. The van der Waals surface area contributed by atoms with Crippen molar-refractivity contribution in [2.75, 3.05) is 12.8 Å². The molecule has 23 heavy (non-hydrogen) atoms. The van der Waals surface area contributed by atoms with Gasteiger partial charge in [-0.2, -0.15) is 0 Å². The Morgan fingerprint density at radius 1 is 1.48 bits per heavy atom. The van der Waals surface area contributed by atoms with E-state index in [1.165, 1.54) is 0 Å². The highest BCUT2D eigenvalue weighted by molar-refractivity contribution is 7.88. The van der Waals surface area contributed by atoms with Crippen LogP contribution in [0.25, 0.3) is 0 Å². The molecule has 1 saturated heterocycles. The third-order valence-corrected chi connectivity index (χ3v) is 5.05. The Hall–Kier alpha value is -1.34. The molecule has 0 radical (unpaired) electrons. The number of nitrogens with one attached hydrogen (secondary N) is 1. The van der Waals surface area contributed by atoms with Gasteiger partial charge in [-0.05, 0) is 37.8 Å². The molecule has 0 aliphatic carbocycles. The van der Waals surface area contributed by atoms with Gasteiger partial charge in [0.15, 0.2) is 0 Å². The molecule has 1 aromatic heterocycles. The zero-order chi connectivity index (χ0) is 17.2. The van der Waals surface area contributed by atoms with Crippen molar-refractivity contribution in [2.45, 2.75) is 52.1 Å². The minimum Gasteiger partial charge on any atom is -0.464 e. The van der Waals surface area contributed by atoms with Gasteiger partial charge in [0.2, 0.25) is 15.9 Å². The lowest BCUT2D eigenvalue weighted by Gasteiger charge is -2.38. The number of furan rings is 1. The van der Waals surface area contributed by atoms with Crippen LogP contribution in [0, 0.1) is 5.92 Å². The van der Waals surface area contributed by atoms with Crippen molar-refractivity contribution >= 4 is 15.9 Å². The van der Waals surface area contributed by atoms with Gasteiger partial charge >= 0.3 is 0 Å². The van der Waals surface area contributed by atoms with E-state index in [9.17, 15) is 13.2 Å². The zero-order valence-corrected chi connectivity index (χ0v) is 15.0. The molecular weight excluding hydrogens is 316 g/mol. The predicted molar refractivity (Wildman–Crippen MR) is 88.4 cm³/mol. The summed E-state index contributed by atoms with van der Waals surface area (Å²) in [4.78, 5) is 14.5. The van der Waals surface area contributed by atoms with Crippen LogP contribution in [-0.2, 0) is 21.2 Å². The first-order valence-corrected chi connectivity index (χ1v) is 9.96. The van der Waals surface area contributed by atoms with Crippen molar-refractivity contribution in [1.29, 1.82) is 0 Å². The Balaban J connectivity index is 2.21. The highest BCUT2D eigenvalue weighted by atomic mass is 32.2. The number of carbonyl (C=O) groups is 1. The SMILES string of the molecule is CCc1ccc([C@@H]2C[C@@H](C)CCN2C(=O)[C@@H](C)NS(C)(=O)=O)o1. The van der Waals surface area contributed by atoms with Gasteiger partial charge < -0.3 is 9.32 Å². The van der Waals surface area contributed by atoms with Gasteiger partial charge in [-0.1, -0.05) is 13.8 Å². The second-order valence-corrected chi connectivity index (χ2v) is 8.23. The summed E-state index contributed by atoms with van der Waals surface area (Å²) in [5.74, 6) is 1.97. The van der Waals surface area contributed by atoms with Gasteiger partial charge in [-0.15, -0.1) is 0 Å². The Labute approximate surface area is 138 Å². The number of hydrogen-bond donors (Lipinski definition) is 1. The molecule has 0 unspecified atom stereocenters. The van der Waals surface area contributed by atoms with E-state index in [2.05, 4.69) is 11.6 Å². The first kappa shape index (κ1) is 18.0. The standard InChI is InChI=1S/C16H26N2O4S/c1-5-13-6-7-15(22-13)14-10-11(2)8-9-18(14)16(19)12(3)17-23(4,20)21/h6-7,11-12,14,17H,5,8-10H2,1-4H3/t11-,12+,14-/m0/s1. The maximum atomic E-state index is 12.7. The molecule has 0 saturated carbocycles. The van der Waals surface area contributed by atoms with Crippen molar-refractivity contribution in [3.8, 4) is 0 Å². The average Bonchev–Trinajstić information content (AvgIpc) is 2.93. The number of piperidine rings is 1. The molecule has 0 bridgehead atoms. The van der Waals surface area contributed by atoms with Crippen molar-refractivity contribution in [2.24, 2.45) is 5.92 Å². The van der Waals surface area contributed by atoms with Crippen LogP contribution in [0.15, 0.2) is 16.5 Å². The summed E-state index contributed by atoms with van der Waals surface area (Å²) in [6.45, 7) is 6.38. The van der Waals surface area contributed by atoms with Crippen LogP contribution in [0.2, 0.25) is 0 Å². The molecule has 1 N–H and O–H groups in total. The van der Waals surface area contributed by atoms with Crippen LogP contribution in [-0.4, -0.2) is 38.1 Å². The lowest BCUT2D eigenvalue weighted by atomic mass is 9.90. The van der Waals surface area contributed by atoms with Crippen LogP contribution >= 0.6 is 0 Å². The molecule has 6 nitrogen and oxygen atoms in total. The van der Waals surface area contributed by atoms with Gasteiger partial charge in [-0.3, -0.25) is 4.79 Å². The number of hydrogen-bond acceptors (Lipinski definition) is 4. The number of carbonyl (C=O) groups excluding carboxylic acids is 1. The van der Waals surface area contributed by atoms with E-state index >= 15 is 0 Å². The summed E-state index contributed by atoms with van der Waals surface area (Å²) in [5, 5.41) is 0. The normalized spacial score (nSPS) is 23.7. The van der Waals surface area contributed by atoms with Crippen LogP contribution in [0.4, 0.5) is 0 Å². The van der Waals surface area contributed by atoms with E-state index in [4.69, 9.17) is 4.42 Å². The molecule has 2 rings (SSSR count). The largest absolute Gasteiger partial charge is 0.464 e. The van der Waals surface area contributed by atoms with Crippen LogP contribution in [0.5, 0.6) is 0 Å². The summed E-state index contributed by atoms with van der Waals surface area (Å²) < 4.78 is 31.0. The zero-order valence-electron chi connectivity index (χ0n) is 14.2. The van der Waals surface area contributed by atoms with Gasteiger partial charge in [0, 0.05) is 13.0 Å². The van der Waals surface area contributed by atoms with E-state index in [1.54, 1.807) is 11.8 Å². The average molecular weight is 342 g/mol. The van der Waals surface area contributed by atoms with Crippen LogP contribution in [0.1, 0.15) is 51.2 Å². The summed E-state index contributed by atoms with van der Waals surface area (Å²) in [7, 11) is -3.42. The van der Waals surface area contributed by atoms with E-state index in [0.29, 0.717) is 12.5 Å². The van der Waals surface area contributed by atoms with E-state index in [0.717, 1.165) is 37.0 Å². The van der Waals surface area contributed by atoms with Gasteiger partial charge in [0.05, 0.1) is 18.3 Å². The fourth-order valence-corrected chi connectivity index (χ4v) is 3.80. The Bertz CT molecular complexity index is 653. The molecular formula is C16H26N2O4S. The fraction of sp³-hybridized carbons (Fsp3) is 0.688. The third kappa shape index (κ3) is 4.57. The quantitative estimate of drug-likeness (QED) is 0.888. The smallest absolute Gasteiger partial charge is 0.241 e. The van der Waals surface area contributed by atoms with Gasteiger partial charge in [0.1, 0.15) is 11.5 Å². The minimum atomic E-state index is -3.42. The molecule has 2 heterocycles. The molecule has 1 fully saturated rings. The summed E-state index contributed by atoms with van der Waals surface area (Å²) >= 11 is 0. The molecule has 7 heteroatoms. The van der Waals surface area contributed by atoms with Gasteiger partial charge in [-0.25, -0.2) is 13.1 Å². The highest BCUT2D eigenvalue weighted by Gasteiger charge is 2.35.